The minimum atomic E-state index is -4.72. The summed E-state index contributed by atoms with van der Waals surface area (Å²) in [6.45, 7) is 0. The first kappa shape index (κ1) is 18.7. The lowest BCUT2D eigenvalue weighted by molar-refractivity contribution is -0.155. The first-order valence-corrected chi connectivity index (χ1v) is 8.68. The van der Waals surface area contributed by atoms with Gasteiger partial charge in [-0.05, 0) is 5.56 Å². The molecule has 0 saturated heterocycles. The zero-order chi connectivity index (χ0) is 20.4. The van der Waals surface area contributed by atoms with Crippen molar-refractivity contribution >= 4 is 6.29 Å². The highest BCUT2D eigenvalue weighted by atomic mass is 19.4. The first-order valence-electron chi connectivity index (χ1n) is 8.68. The maximum Gasteiger partial charge on any atom is 0.453 e. The van der Waals surface area contributed by atoms with Crippen molar-refractivity contribution in [2.75, 3.05) is 0 Å². The third-order valence-electron chi connectivity index (χ3n) is 4.38. The molecule has 0 aliphatic rings. The number of hydrogen-bond acceptors (Lipinski definition) is 4. The lowest BCUT2D eigenvalue weighted by Gasteiger charge is -2.05. The van der Waals surface area contributed by atoms with Crippen molar-refractivity contribution < 1.29 is 22.5 Å². The minimum Gasteiger partial charge on any atom is -0.350 e. The van der Waals surface area contributed by atoms with Gasteiger partial charge in [0, 0.05) is 23.7 Å². The molecule has 0 amide bonds. The molecule has 0 saturated carbocycles. The number of imidazole rings is 1. The Morgan fingerprint density at radius 2 is 1.72 bits per heavy atom. The third kappa shape index (κ3) is 3.69. The Labute approximate surface area is 163 Å². The summed E-state index contributed by atoms with van der Waals surface area (Å²) in [7, 11) is 0. The van der Waals surface area contributed by atoms with Crippen LogP contribution in [0.3, 0.4) is 0 Å². The van der Waals surface area contributed by atoms with Crippen LogP contribution in [0.2, 0.25) is 0 Å². The number of nitrogens with zero attached hydrogens (tertiary/aromatic N) is 2. The van der Waals surface area contributed by atoms with Crippen molar-refractivity contribution in [2.24, 2.45) is 0 Å². The van der Waals surface area contributed by atoms with Crippen LogP contribution in [0.4, 0.5) is 13.2 Å². The molecule has 4 rings (SSSR count). The van der Waals surface area contributed by atoms with E-state index in [0.717, 1.165) is 11.8 Å². The second-order valence-corrected chi connectivity index (χ2v) is 6.30. The number of aromatic nitrogens is 3. The van der Waals surface area contributed by atoms with E-state index >= 15 is 0 Å². The molecule has 146 valence electrons. The number of hydrogen-bond donors (Lipinski definition) is 1. The SMILES string of the molecule is O=CCc1ccc(-c2nc(-c3c(-c4ccccc4)noc3C(F)(F)F)c[nH]2)cc1. The molecule has 0 fully saturated rings. The van der Waals surface area contributed by atoms with E-state index in [1.165, 1.54) is 6.20 Å². The van der Waals surface area contributed by atoms with E-state index in [2.05, 4.69) is 19.6 Å². The zero-order valence-corrected chi connectivity index (χ0v) is 14.9. The van der Waals surface area contributed by atoms with E-state index in [1.807, 2.05) is 0 Å². The Morgan fingerprint density at radius 3 is 2.38 bits per heavy atom. The fraction of sp³-hybridized carbons (Fsp3) is 0.0952. The molecule has 5 nitrogen and oxygen atoms in total. The number of carbonyl (C=O) groups excluding carboxylic acids is 1. The summed E-state index contributed by atoms with van der Waals surface area (Å²) in [5.74, 6) is -0.804. The second-order valence-electron chi connectivity index (χ2n) is 6.30. The summed E-state index contributed by atoms with van der Waals surface area (Å²) < 4.78 is 45.2. The quantitative estimate of drug-likeness (QED) is 0.472. The predicted molar refractivity (Wildman–Crippen MR) is 99.7 cm³/mol. The molecule has 0 aliphatic carbocycles. The fourth-order valence-corrected chi connectivity index (χ4v) is 3.01. The molecule has 8 heteroatoms. The van der Waals surface area contributed by atoms with Crippen LogP contribution >= 0.6 is 0 Å². The number of benzene rings is 2. The normalized spacial score (nSPS) is 11.6. The van der Waals surface area contributed by atoms with Crippen LogP contribution in [0.5, 0.6) is 0 Å². The van der Waals surface area contributed by atoms with E-state index in [-0.39, 0.29) is 17.0 Å². The number of halogens is 3. The molecule has 2 aromatic heterocycles. The molecule has 0 bridgehead atoms. The molecule has 0 atom stereocenters. The number of carbonyl (C=O) groups is 1. The van der Waals surface area contributed by atoms with Gasteiger partial charge in [-0.25, -0.2) is 4.98 Å². The van der Waals surface area contributed by atoms with Crippen LogP contribution < -0.4 is 0 Å². The van der Waals surface area contributed by atoms with E-state index in [1.54, 1.807) is 54.6 Å². The Hall–Kier alpha value is -3.68. The maximum absolute atomic E-state index is 13.5. The highest BCUT2D eigenvalue weighted by molar-refractivity contribution is 5.81. The summed E-state index contributed by atoms with van der Waals surface area (Å²) in [6.07, 6.45) is -2.23. The molecule has 4 aromatic rings. The van der Waals surface area contributed by atoms with Crippen LogP contribution in [0, 0.1) is 0 Å². The molecule has 0 aliphatic heterocycles. The number of aromatic amines is 1. The smallest absolute Gasteiger partial charge is 0.350 e. The third-order valence-corrected chi connectivity index (χ3v) is 4.38. The van der Waals surface area contributed by atoms with Crippen molar-refractivity contribution in [3.05, 3.63) is 72.1 Å². The summed E-state index contributed by atoms with van der Waals surface area (Å²) in [5.41, 5.74) is 1.92. The Balaban J connectivity index is 1.79. The predicted octanol–water partition coefficient (Wildman–Crippen LogP) is 5.16. The number of alkyl halides is 3. The molecular weight excluding hydrogens is 383 g/mol. The van der Waals surface area contributed by atoms with E-state index < -0.39 is 11.9 Å². The molecule has 29 heavy (non-hydrogen) atoms. The van der Waals surface area contributed by atoms with Crippen molar-refractivity contribution in [3.8, 4) is 33.9 Å². The van der Waals surface area contributed by atoms with Gasteiger partial charge in [0.1, 0.15) is 17.8 Å². The van der Waals surface area contributed by atoms with Gasteiger partial charge in [-0.15, -0.1) is 0 Å². The molecule has 0 spiro atoms. The molecule has 1 N–H and O–H groups in total. The lowest BCUT2D eigenvalue weighted by Crippen LogP contribution is -2.05. The molecule has 2 heterocycles. The van der Waals surface area contributed by atoms with Crippen molar-refractivity contribution in [1.82, 2.24) is 15.1 Å². The number of nitrogens with one attached hydrogen (secondary N) is 1. The maximum atomic E-state index is 13.5. The van der Waals surface area contributed by atoms with E-state index in [9.17, 15) is 18.0 Å². The molecule has 0 unspecified atom stereocenters. The topological polar surface area (TPSA) is 71.8 Å². The van der Waals surface area contributed by atoms with Crippen LogP contribution in [0.25, 0.3) is 33.9 Å². The van der Waals surface area contributed by atoms with Crippen molar-refractivity contribution in [1.29, 1.82) is 0 Å². The molecular formula is C21H14F3N3O2. The van der Waals surface area contributed by atoms with Gasteiger partial charge in [0.25, 0.3) is 0 Å². The summed E-state index contributed by atoms with van der Waals surface area (Å²) in [5, 5.41) is 3.66. The van der Waals surface area contributed by atoms with Gasteiger partial charge in [-0.2, -0.15) is 13.2 Å². The van der Waals surface area contributed by atoms with Crippen LogP contribution in [-0.2, 0) is 17.4 Å². The minimum absolute atomic E-state index is 0.0669. The average Bonchev–Trinajstić information content (AvgIpc) is 3.36. The highest BCUT2D eigenvalue weighted by Gasteiger charge is 2.41. The van der Waals surface area contributed by atoms with Crippen molar-refractivity contribution in [2.45, 2.75) is 12.6 Å². The van der Waals surface area contributed by atoms with Gasteiger partial charge in [0.2, 0.25) is 5.76 Å². The van der Waals surface area contributed by atoms with Crippen LogP contribution in [-0.4, -0.2) is 21.4 Å². The van der Waals surface area contributed by atoms with Gasteiger partial charge in [-0.3, -0.25) is 0 Å². The Bertz CT molecular complexity index is 1130. The number of H-pyrrole nitrogens is 1. The van der Waals surface area contributed by atoms with Gasteiger partial charge in [0.15, 0.2) is 0 Å². The van der Waals surface area contributed by atoms with Gasteiger partial charge in [0.05, 0.1) is 11.3 Å². The second kappa shape index (κ2) is 7.38. The summed E-state index contributed by atoms with van der Waals surface area (Å²) in [4.78, 5) is 17.8. The highest BCUT2D eigenvalue weighted by Crippen LogP contribution is 2.42. The van der Waals surface area contributed by atoms with Gasteiger partial charge < -0.3 is 14.3 Å². The van der Waals surface area contributed by atoms with Crippen LogP contribution in [0.1, 0.15) is 11.3 Å². The van der Waals surface area contributed by atoms with Crippen LogP contribution in [0.15, 0.2) is 65.3 Å². The molecule has 0 radical (unpaired) electrons. The summed E-state index contributed by atoms with van der Waals surface area (Å²) in [6, 6.07) is 15.5. The van der Waals surface area contributed by atoms with E-state index in [0.29, 0.717) is 23.4 Å². The molecule has 2 aromatic carbocycles. The number of aldehydes is 1. The van der Waals surface area contributed by atoms with Gasteiger partial charge >= 0.3 is 6.18 Å². The average molecular weight is 397 g/mol. The summed E-state index contributed by atoms with van der Waals surface area (Å²) >= 11 is 0. The largest absolute Gasteiger partial charge is 0.453 e. The number of rotatable bonds is 5. The fourth-order valence-electron chi connectivity index (χ4n) is 3.01. The van der Waals surface area contributed by atoms with Crippen molar-refractivity contribution in [3.63, 3.8) is 0 Å². The monoisotopic (exact) mass is 397 g/mol. The Kier molecular flexibility index (Phi) is 4.75. The van der Waals surface area contributed by atoms with E-state index in [4.69, 9.17) is 0 Å². The first-order chi connectivity index (χ1) is 14.0. The lowest BCUT2D eigenvalue weighted by atomic mass is 10.0. The van der Waals surface area contributed by atoms with Gasteiger partial charge in [-0.1, -0.05) is 59.8 Å². The zero-order valence-electron chi connectivity index (χ0n) is 14.9. The Morgan fingerprint density at radius 1 is 1.00 bits per heavy atom. The standard InChI is InChI=1S/C21H14F3N3O2/c22-21(23,24)19-17(18(27-29-19)14-4-2-1-3-5-14)16-12-25-20(26-16)15-8-6-13(7-9-15)10-11-28/h1-9,11-12H,10H2,(H,25,26).